The Morgan fingerprint density at radius 3 is 2.67 bits per heavy atom. The van der Waals surface area contributed by atoms with Crippen molar-refractivity contribution in [3.63, 3.8) is 0 Å². The van der Waals surface area contributed by atoms with Gasteiger partial charge in [-0.1, -0.05) is 19.3 Å². The smallest absolute Gasteiger partial charge is 0.0708 e. The van der Waals surface area contributed by atoms with E-state index in [-0.39, 0.29) is 5.60 Å². The second-order valence-corrected chi connectivity index (χ2v) is 7.24. The number of morpholine rings is 1. The molecule has 0 amide bonds. The molecule has 2 atom stereocenters. The molecule has 1 saturated carbocycles. The second-order valence-electron chi connectivity index (χ2n) is 7.24. The van der Waals surface area contributed by atoms with Crippen molar-refractivity contribution in [2.24, 2.45) is 0 Å². The summed E-state index contributed by atoms with van der Waals surface area (Å²) >= 11 is 0. The maximum atomic E-state index is 6.43. The van der Waals surface area contributed by atoms with Gasteiger partial charge in [0.1, 0.15) is 0 Å². The first kappa shape index (κ1) is 15.7. The molecule has 2 heterocycles. The predicted molar refractivity (Wildman–Crippen MR) is 84.6 cm³/mol. The Balaban J connectivity index is 1.35. The molecule has 3 fully saturated rings. The van der Waals surface area contributed by atoms with E-state index in [0.717, 1.165) is 39.4 Å². The molecule has 0 bridgehead atoms. The molecule has 2 unspecified atom stereocenters. The summed E-state index contributed by atoms with van der Waals surface area (Å²) in [5.74, 6) is 0. The van der Waals surface area contributed by atoms with Gasteiger partial charge in [0.05, 0.1) is 24.9 Å². The van der Waals surface area contributed by atoms with E-state index in [1.165, 1.54) is 44.9 Å². The second kappa shape index (κ2) is 7.40. The Morgan fingerprint density at radius 2 is 1.90 bits per heavy atom. The molecule has 0 aromatic carbocycles. The summed E-state index contributed by atoms with van der Waals surface area (Å²) in [6.45, 7) is 8.38. The monoisotopic (exact) mass is 296 g/mol. The van der Waals surface area contributed by atoms with Gasteiger partial charge in [-0.15, -0.1) is 0 Å². The Bertz CT molecular complexity index is 312. The summed E-state index contributed by atoms with van der Waals surface area (Å²) in [6, 6.07) is 0.537. The minimum atomic E-state index is 0.262. The fourth-order valence-electron chi connectivity index (χ4n) is 4.17. The van der Waals surface area contributed by atoms with Crippen molar-refractivity contribution in [2.75, 3.05) is 39.4 Å². The van der Waals surface area contributed by atoms with Gasteiger partial charge in [0.25, 0.3) is 0 Å². The van der Waals surface area contributed by atoms with Crippen molar-refractivity contribution in [3.05, 3.63) is 0 Å². The molecule has 4 nitrogen and oxygen atoms in total. The summed E-state index contributed by atoms with van der Waals surface area (Å²) < 4.78 is 11.8. The highest BCUT2D eigenvalue weighted by Gasteiger charge is 2.40. The third-order valence-electron chi connectivity index (χ3n) is 5.43. The first-order valence-electron chi connectivity index (χ1n) is 8.97. The van der Waals surface area contributed by atoms with Crippen molar-refractivity contribution < 1.29 is 9.47 Å². The summed E-state index contributed by atoms with van der Waals surface area (Å²) in [5.41, 5.74) is 0.262. The topological polar surface area (TPSA) is 33.7 Å². The van der Waals surface area contributed by atoms with Crippen molar-refractivity contribution in [1.82, 2.24) is 10.2 Å². The lowest BCUT2D eigenvalue weighted by Crippen LogP contribution is -2.46. The summed E-state index contributed by atoms with van der Waals surface area (Å²) in [7, 11) is 0. The van der Waals surface area contributed by atoms with Crippen molar-refractivity contribution in [3.8, 4) is 0 Å². The van der Waals surface area contributed by atoms with E-state index in [1.54, 1.807) is 0 Å². The maximum Gasteiger partial charge on any atom is 0.0708 e. The molecular formula is C17H32N2O2. The zero-order chi connectivity index (χ0) is 14.5. The highest BCUT2D eigenvalue weighted by molar-refractivity contribution is 4.92. The molecule has 1 aliphatic carbocycles. The van der Waals surface area contributed by atoms with E-state index < -0.39 is 0 Å². The van der Waals surface area contributed by atoms with Gasteiger partial charge in [0, 0.05) is 32.2 Å². The van der Waals surface area contributed by atoms with Gasteiger partial charge in [-0.2, -0.15) is 0 Å². The molecule has 1 spiro atoms. The number of ether oxygens (including phenoxy) is 2. The lowest BCUT2D eigenvalue weighted by molar-refractivity contribution is -0.0631. The van der Waals surface area contributed by atoms with Gasteiger partial charge in [-0.3, -0.25) is 4.90 Å². The van der Waals surface area contributed by atoms with E-state index in [1.807, 2.05) is 0 Å². The van der Waals surface area contributed by atoms with Crippen LogP contribution in [-0.2, 0) is 9.47 Å². The largest absolute Gasteiger partial charge is 0.379 e. The number of rotatable bonds is 5. The predicted octanol–water partition coefficient (Wildman–Crippen LogP) is 2.18. The van der Waals surface area contributed by atoms with Crippen LogP contribution in [0.1, 0.15) is 51.9 Å². The average Bonchev–Trinajstić information content (AvgIpc) is 2.90. The molecular weight excluding hydrogens is 264 g/mol. The lowest BCUT2D eigenvalue weighted by Gasteiger charge is -2.34. The van der Waals surface area contributed by atoms with Gasteiger partial charge < -0.3 is 14.8 Å². The quantitative estimate of drug-likeness (QED) is 0.843. The van der Waals surface area contributed by atoms with Crippen LogP contribution < -0.4 is 5.32 Å². The van der Waals surface area contributed by atoms with Crippen LogP contribution in [0.25, 0.3) is 0 Å². The van der Waals surface area contributed by atoms with Gasteiger partial charge in [-0.05, 0) is 32.6 Å². The Morgan fingerprint density at radius 1 is 1.14 bits per heavy atom. The van der Waals surface area contributed by atoms with Crippen LogP contribution in [0.2, 0.25) is 0 Å². The Labute approximate surface area is 129 Å². The Kier molecular flexibility index (Phi) is 5.54. The summed E-state index contributed by atoms with van der Waals surface area (Å²) in [4.78, 5) is 2.50. The molecule has 4 heteroatoms. The minimum absolute atomic E-state index is 0.262. The molecule has 1 N–H and O–H groups in total. The van der Waals surface area contributed by atoms with Crippen LogP contribution in [0.15, 0.2) is 0 Å². The molecule has 122 valence electrons. The first-order chi connectivity index (χ1) is 10.3. The Hall–Kier alpha value is -0.160. The van der Waals surface area contributed by atoms with Crippen LogP contribution in [0, 0.1) is 0 Å². The average molecular weight is 296 g/mol. The highest BCUT2D eigenvalue weighted by atomic mass is 16.5. The third-order valence-corrected chi connectivity index (χ3v) is 5.43. The van der Waals surface area contributed by atoms with Crippen molar-refractivity contribution in [2.45, 2.75) is 69.6 Å². The van der Waals surface area contributed by atoms with Crippen LogP contribution in [0.4, 0.5) is 0 Å². The summed E-state index contributed by atoms with van der Waals surface area (Å²) in [5, 5.41) is 3.69. The van der Waals surface area contributed by atoms with E-state index >= 15 is 0 Å². The third kappa shape index (κ3) is 4.41. The molecule has 3 rings (SSSR count). The van der Waals surface area contributed by atoms with Gasteiger partial charge in [0.2, 0.25) is 0 Å². The fourth-order valence-corrected chi connectivity index (χ4v) is 4.17. The fraction of sp³-hybridized carbons (Fsp3) is 1.00. The van der Waals surface area contributed by atoms with Crippen LogP contribution in [0.3, 0.4) is 0 Å². The van der Waals surface area contributed by atoms with Crippen LogP contribution in [0.5, 0.6) is 0 Å². The molecule has 0 aromatic rings. The maximum absolute atomic E-state index is 6.43. The van der Waals surface area contributed by atoms with E-state index in [0.29, 0.717) is 12.1 Å². The zero-order valence-corrected chi connectivity index (χ0v) is 13.6. The normalized spacial score (nSPS) is 31.6. The molecule has 3 aliphatic rings. The van der Waals surface area contributed by atoms with Crippen molar-refractivity contribution in [1.29, 1.82) is 0 Å². The van der Waals surface area contributed by atoms with E-state index in [9.17, 15) is 0 Å². The number of nitrogens with one attached hydrogen (secondary N) is 1. The molecule has 21 heavy (non-hydrogen) atoms. The summed E-state index contributed by atoms with van der Waals surface area (Å²) in [6.07, 6.45) is 9.72. The number of hydrogen-bond acceptors (Lipinski definition) is 4. The van der Waals surface area contributed by atoms with Gasteiger partial charge in [-0.25, -0.2) is 0 Å². The van der Waals surface area contributed by atoms with Crippen molar-refractivity contribution >= 4 is 0 Å². The molecule has 0 radical (unpaired) electrons. The van der Waals surface area contributed by atoms with Crippen LogP contribution >= 0.6 is 0 Å². The van der Waals surface area contributed by atoms with Gasteiger partial charge >= 0.3 is 0 Å². The SMILES string of the molecule is CC(CN1CCOCC1)NCC1CCC2(CCCCC2)O1. The van der Waals surface area contributed by atoms with E-state index in [2.05, 4.69) is 17.1 Å². The molecule has 0 aromatic heterocycles. The number of hydrogen-bond donors (Lipinski definition) is 1. The van der Waals surface area contributed by atoms with E-state index in [4.69, 9.17) is 9.47 Å². The van der Waals surface area contributed by atoms with Crippen LogP contribution in [-0.4, -0.2) is 62.0 Å². The highest BCUT2D eigenvalue weighted by Crippen LogP contribution is 2.41. The standard InChI is InChI=1S/C17H32N2O2/c1-15(14-19-9-11-20-12-10-19)18-13-16-5-8-17(21-16)6-3-2-4-7-17/h15-16,18H,2-14H2,1H3. The van der Waals surface area contributed by atoms with Gasteiger partial charge in [0.15, 0.2) is 0 Å². The molecule has 2 aliphatic heterocycles. The first-order valence-corrected chi connectivity index (χ1v) is 8.97. The zero-order valence-electron chi connectivity index (χ0n) is 13.6. The minimum Gasteiger partial charge on any atom is -0.379 e. The lowest BCUT2D eigenvalue weighted by atomic mass is 9.83. The molecule has 2 saturated heterocycles. The number of nitrogens with zero attached hydrogens (tertiary/aromatic N) is 1.